The van der Waals surface area contributed by atoms with Crippen molar-refractivity contribution in [3.05, 3.63) is 74.3 Å². The number of nitrogens with zero attached hydrogens (tertiary/aromatic N) is 1. The Morgan fingerprint density at radius 1 is 1.15 bits per heavy atom. The lowest BCUT2D eigenvalue weighted by atomic mass is 10.1. The minimum absolute atomic E-state index is 0.0575. The van der Waals surface area contributed by atoms with Gasteiger partial charge in [-0.05, 0) is 29.7 Å². The molecular formula is C15H15ClN2O2. The summed E-state index contributed by atoms with van der Waals surface area (Å²) in [4.78, 5) is 10.3. The molecule has 104 valence electrons. The van der Waals surface area contributed by atoms with E-state index in [4.69, 9.17) is 11.6 Å². The number of nitro groups is 1. The molecule has 0 aliphatic carbocycles. The molecular weight excluding hydrogens is 276 g/mol. The molecule has 0 bridgehead atoms. The lowest BCUT2D eigenvalue weighted by Gasteiger charge is -2.09. The number of halogens is 1. The van der Waals surface area contributed by atoms with Gasteiger partial charge in [-0.2, -0.15) is 0 Å². The van der Waals surface area contributed by atoms with Gasteiger partial charge in [-0.3, -0.25) is 10.1 Å². The summed E-state index contributed by atoms with van der Waals surface area (Å²) in [6.07, 6.45) is 0. The van der Waals surface area contributed by atoms with Gasteiger partial charge in [-0.15, -0.1) is 0 Å². The van der Waals surface area contributed by atoms with Crippen LogP contribution in [0.5, 0.6) is 0 Å². The van der Waals surface area contributed by atoms with Crippen molar-refractivity contribution in [1.29, 1.82) is 0 Å². The van der Waals surface area contributed by atoms with Crippen molar-refractivity contribution in [3.8, 4) is 0 Å². The van der Waals surface area contributed by atoms with Gasteiger partial charge in [-0.25, -0.2) is 0 Å². The summed E-state index contributed by atoms with van der Waals surface area (Å²) in [5.41, 5.74) is 3.20. The van der Waals surface area contributed by atoms with Crippen LogP contribution in [0.25, 0.3) is 0 Å². The molecule has 1 N–H and O–H groups in total. The number of rotatable bonds is 5. The summed E-state index contributed by atoms with van der Waals surface area (Å²) in [5, 5.41) is 14.5. The fourth-order valence-corrected chi connectivity index (χ4v) is 2.13. The standard InChI is InChI=1S/C15H15ClN2O2/c1-11-4-2-3-5-12(11)9-17-10-13-8-14(18(19)20)6-7-15(13)16/h2-8,17H,9-10H2,1H3. The first-order chi connectivity index (χ1) is 9.58. The number of hydrogen-bond acceptors (Lipinski definition) is 3. The average Bonchev–Trinajstić information content (AvgIpc) is 2.42. The lowest BCUT2D eigenvalue weighted by Crippen LogP contribution is -2.13. The zero-order valence-corrected chi connectivity index (χ0v) is 11.9. The molecule has 2 rings (SSSR count). The maximum absolute atomic E-state index is 10.7. The van der Waals surface area contributed by atoms with E-state index in [2.05, 4.69) is 24.4 Å². The summed E-state index contributed by atoms with van der Waals surface area (Å²) in [5.74, 6) is 0. The Balaban J connectivity index is 2.02. The van der Waals surface area contributed by atoms with E-state index in [1.165, 1.54) is 23.3 Å². The molecule has 0 aliphatic heterocycles. The highest BCUT2D eigenvalue weighted by Gasteiger charge is 2.09. The van der Waals surface area contributed by atoms with Gasteiger partial charge in [0.1, 0.15) is 0 Å². The number of nitrogens with one attached hydrogen (secondary N) is 1. The number of aryl methyl sites for hydroxylation is 1. The molecule has 0 radical (unpaired) electrons. The monoisotopic (exact) mass is 290 g/mol. The molecule has 0 spiro atoms. The van der Waals surface area contributed by atoms with Gasteiger partial charge < -0.3 is 5.32 Å². The van der Waals surface area contributed by atoms with E-state index in [0.717, 1.165) is 5.56 Å². The van der Waals surface area contributed by atoms with Gasteiger partial charge in [0.05, 0.1) is 4.92 Å². The van der Waals surface area contributed by atoms with Crippen LogP contribution in [0, 0.1) is 17.0 Å². The van der Waals surface area contributed by atoms with Crippen LogP contribution in [0.15, 0.2) is 42.5 Å². The van der Waals surface area contributed by atoms with E-state index in [1.807, 2.05) is 12.1 Å². The zero-order chi connectivity index (χ0) is 14.5. The zero-order valence-electron chi connectivity index (χ0n) is 11.1. The second-order valence-electron chi connectivity index (χ2n) is 4.56. The second-order valence-corrected chi connectivity index (χ2v) is 4.97. The molecule has 0 saturated carbocycles. The Labute approximate surface area is 122 Å². The van der Waals surface area contributed by atoms with Gasteiger partial charge in [0, 0.05) is 30.2 Å². The van der Waals surface area contributed by atoms with Gasteiger partial charge in [0.15, 0.2) is 0 Å². The Morgan fingerprint density at radius 2 is 1.85 bits per heavy atom. The smallest absolute Gasteiger partial charge is 0.269 e. The van der Waals surface area contributed by atoms with E-state index >= 15 is 0 Å². The molecule has 0 saturated heterocycles. The Bertz CT molecular complexity index is 629. The van der Waals surface area contributed by atoms with Crippen molar-refractivity contribution in [2.24, 2.45) is 0 Å². The molecule has 0 unspecified atom stereocenters. The first-order valence-corrected chi connectivity index (χ1v) is 6.64. The number of nitro benzene ring substituents is 1. The minimum Gasteiger partial charge on any atom is -0.309 e. The van der Waals surface area contributed by atoms with E-state index in [1.54, 1.807) is 6.07 Å². The van der Waals surface area contributed by atoms with E-state index in [9.17, 15) is 10.1 Å². The highest BCUT2D eigenvalue weighted by Crippen LogP contribution is 2.22. The third-order valence-electron chi connectivity index (χ3n) is 3.13. The number of benzene rings is 2. The largest absolute Gasteiger partial charge is 0.309 e. The molecule has 0 atom stereocenters. The van der Waals surface area contributed by atoms with Crippen LogP contribution in [0.2, 0.25) is 5.02 Å². The van der Waals surface area contributed by atoms with Crippen molar-refractivity contribution in [3.63, 3.8) is 0 Å². The summed E-state index contributed by atoms with van der Waals surface area (Å²) in [7, 11) is 0. The van der Waals surface area contributed by atoms with E-state index < -0.39 is 4.92 Å². The number of hydrogen-bond donors (Lipinski definition) is 1. The van der Waals surface area contributed by atoms with Gasteiger partial charge in [0.2, 0.25) is 0 Å². The van der Waals surface area contributed by atoms with Crippen molar-refractivity contribution in [2.45, 2.75) is 20.0 Å². The van der Waals surface area contributed by atoms with Crippen LogP contribution in [0.4, 0.5) is 5.69 Å². The molecule has 5 heteroatoms. The first-order valence-electron chi connectivity index (χ1n) is 6.26. The highest BCUT2D eigenvalue weighted by atomic mass is 35.5. The van der Waals surface area contributed by atoms with Crippen LogP contribution < -0.4 is 5.32 Å². The first kappa shape index (κ1) is 14.5. The molecule has 20 heavy (non-hydrogen) atoms. The Hall–Kier alpha value is -1.91. The molecule has 0 fully saturated rings. The summed E-state index contributed by atoms with van der Waals surface area (Å²) < 4.78 is 0. The summed E-state index contributed by atoms with van der Waals surface area (Å²) in [6, 6.07) is 12.6. The number of non-ortho nitro benzene ring substituents is 1. The van der Waals surface area contributed by atoms with Crippen molar-refractivity contribution >= 4 is 17.3 Å². The predicted molar refractivity (Wildman–Crippen MR) is 79.8 cm³/mol. The predicted octanol–water partition coefficient (Wildman–Crippen LogP) is 3.85. The quantitative estimate of drug-likeness (QED) is 0.672. The Kier molecular flexibility index (Phi) is 4.71. The van der Waals surface area contributed by atoms with Gasteiger partial charge in [-0.1, -0.05) is 35.9 Å². The summed E-state index contributed by atoms with van der Waals surface area (Å²) >= 11 is 6.05. The average molecular weight is 291 g/mol. The Morgan fingerprint density at radius 3 is 2.55 bits per heavy atom. The molecule has 2 aromatic rings. The van der Waals surface area contributed by atoms with Crippen molar-refractivity contribution in [1.82, 2.24) is 5.32 Å². The third kappa shape index (κ3) is 3.56. The lowest BCUT2D eigenvalue weighted by molar-refractivity contribution is -0.384. The maximum Gasteiger partial charge on any atom is 0.269 e. The third-order valence-corrected chi connectivity index (χ3v) is 3.50. The second kappa shape index (κ2) is 6.50. The molecule has 0 aliphatic rings. The molecule has 4 nitrogen and oxygen atoms in total. The molecule has 0 heterocycles. The normalized spacial score (nSPS) is 10.5. The summed E-state index contributed by atoms with van der Waals surface area (Å²) in [6.45, 7) is 3.25. The van der Waals surface area contributed by atoms with Gasteiger partial charge >= 0.3 is 0 Å². The van der Waals surface area contributed by atoms with Crippen molar-refractivity contribution < 1.29 is 4.92 Å². The molecule has 0 aromatic heterocycles. The van der Waals surface area contributed by atoms with Crippen molar-refractivity contribution in [2.75, 3.05) is 0 Å². The SMILES string of the molecule is Cc1ccccc1CNCc1cc([N+](=O)[O-])ccc1Cl. The fourth-order valence-electron chi connectivity index (χ4n) is 1.95. The van der Waals surface area contributed by atoms with Crippen LogP contribution >= 0.6 is 11.6 Å². The molecule has 0 amide bonds. The highest BCUT2D eigenvalue weighted by molar-refractivity contribution is 6.31. The minimum atomic E-state index is -0.416. The van der Waals surface area contributed by atoms with Gasteiger partial charge in [0.25, 0.3) is 5.69 Å². The fraction of sp³-hybridized carbons (Fsp3) is 0.200. The van der Waals surface area contributed by atoms with Crippen LogP contribution in [-0.4, -0.2) is 4.92 Å². The van der Waals surface area contributed by atoms with E-state index in [0.29, 0.717) is 18.1 Å². The topological polar surface area (TPSA) is 55.2 Å². The van der Waals surface area contributed by atoms with Crippen LogP contribution in [-0.2, 0) is 13.1 Å². The van der Waals surface area contributed by atoms with Crippen LogP contribution in [0.3, 0.4) is 0 Å². The van der Waals surface area contributed by atoms with E-state index in [-0.39, 0.29) is 5.69 Å². The van der Waals surface area contributed by atoms with Crippen LogP contribution in [0.1, 0.15) is 16.7 Å². The molecule has 2 aromatic carbocycles. The maximum atomic E-state index is 10.7.